The average molecular weight is 295 g/mol. The van der Waals surface area contributed by atoms with Crippen molar-refractivity contribution in [3.8, 4) is 0 Å². The molecular weight excluding hydrogens is 270 g/mol. The summed E-state index contributed by atoms with van der Waals surface area (Å²) in [6, 6.07) is 4.38. The normalized spacial score (nSPS) is 24.1. The lowest BCUT2D eigenvalue weighted by molar-refractivity contribution is 0.0711. The first-order valence-electron chi connectivity index (χ1n) is 7.16. The molecule has 0 amide bonds. The van der Waals surface area contributed by atoms with Crippen molar-refractivity contribution >= 4 is 17.3 Å². The molecule has 112 valence electrons. The first-order chi connectivity index (χ1) is 9.35. The third-order valence-corrected chi connectivity index (χ3v) is 4.89. The van der Waals surface area contributed by atoms with E-state index >= 15 is 0 Å². The predicted octanol–water partition coefficient (Wildman–Crippen LogP) is 2.31. The van der Waals surface area contributed by atoms with Gasteiger partial charge in [0, 0.05) is 17.5 Å². The lowest BCUT2D eigenvalue weighted by atomic mass is 10.1. The minimum Gasteiger partial charge on any atom is -0.383 e. The zero-order valence-corrected chi connectivity index (χ0v) is 13.5. The van der Waals surface area contributed by atoms with Gasteiger partial charge >= 0.3 is 0 Å². The second-order valence-electron chi connectivity index (χ2n) is 6.34. The first kappa shape index (κ1) is 15.3. The van der Waals surface area contributed by atoms with Gasteiger partial charge in [-0.05, 0) is 37.1 Å². The number of hydrogen-bond acceptors (Lipinski definition) is 3. The van der Waals surface area contributed by atoms with E-state index in [2.05, 4.69) is 29.5 Å². The van der Waals surface area contributed by atoms with E-state index in [4.69, 9.17) is 0 Å². The Balaban J connectivity index is 1.98. The van der Waals surface area contributed by atoms with Gasteiger partial charge in [-0.25, -0.2) is 4.99 Å². The Morgan fingerprint density at radius 3 is 2.80 bits per heavy atom. The highest BCUT2D eigenvalue weighted by atomic mass is 32.1. The zero-order valence-electron chi connectivity index (χ0n) is 12.7. The summed E-state index contributed by atoms with van der Waals surface area (Å²) in [5.74, 6) is 0.792. The fourth-order valence-electron chi connectivity index (χ4n) is 2.09. The van der Waals surface area contributed by atoms with Crippen LogP contribution < -0.4 is 10.6 Å². The van der Waals surface area contributed by atoms with Crippen LogP contribution in [0.4, 0.5) is 0 Å². The molecule has 2 unspecified atom stereocenters. The molecule has 0 spiro atoms. The summed E-state index contributed by atoms with van der Waals surface area (Å²) in [6.45, 7) is 9.53. The molecule has 0 aliphatic heterocycles. The molecule has 1 saturated carbocycles. The monoisotopic (exact) mass is 295 g/mol. The number of thiophene rings is 1. The third kappa shape index (κ3) is 3.73. The minimum absolute atomic E-state index is 0.354. The van der Waals surface area contributed by atoms with E-state index < -0.39 is 5.60 Å². The highest BCUT2D eigenvalue weighted by Gasteiger charge is 2.46. The maximum atomic E-state index is 10.5. The number of rotatable bonds is 5. The number of aliphatic hydroxyl groups is 1. The van der Waals surface area contributed by atoms with Gasteiger partial charge < -0.3 is 15.7 Å². The number of nitrogens with zero attached hydrogens (tertiary/aromatic N) is 1. The highest BCUT2D eigenvalue weighted by Crippen LogP contribution is 2.44. The van der Waals surface area contributed by atoms with Crippen molar-refractivity contribution in [1.82, 2.24) is 10.6 Å². The van der Waals surface area contributed by atoms with Crippen LogP contribution in [0.15, 0.2) is 22.5 Å². The summed E-state index contributed by atoms with van der Waals surface area (Å²) in [4.78, 5) is 5.49. The highest BCUT2D eigenvalue weighted by molar-refractivity contribution is 7.10. The summed E-state index contributed by atoms with van der Waals surface area (Å²) >= 11 is 1.56. The molecule has 3 N–H and O–H groups in total. The number of guanidine groups is 1. The second kappa shape index (κ2) is 5.74. The third-order valence-electron chi connectivity index (χ3n) is 3.77. The molecule has 0 aromatic carbocycles. The molecule has 4 nitrogen and oxygen atoms in total. The molecular formula is C15H25N3OS. The molecule has 5 heteroatoms. The van der Waals surface area contributed by atoms with Crippen LogP contribution >= 0.6 is 11.3 Å². The van der Waals surface area contributed by atoms with Crippen LogP contribution in [0.5, 0.6) is 0 Å². The van der Waals surface area contributed by atoms with Crippen LogP contribution in [-0.2, 0) is 5.60 Å². The SMILES string of the molecule is CCNC(=NCC(C)(O)c1cccs1)NC1CC1(C)C. The van der Waals surface area contributed by atoms with Gasteiger partial charge in [0.2, 0.25) is 0 Å². The molecule has 1 aromatic rings. The standard InChI is InChI=1S/C15H25N3OS/c1-5-16-13(18-11-9-14(11,2)3)17-10-15(4,19)12-7-6-8-20-12/h6-8,11,19H,5,9-10H2,1-4H3,(H2,16,17,18). The van der Waals surface area contributed by atoms with Crippen LogP contribution in [0.3, 0.4) is 0 Å². The van der Waals surface area contributed by atoms with Gasteiger partial charge in [0.05, 0.1) is 6.54 Å². The summed E-state index contributed by atoms with van der Waals surface area (Å²) < 4.78 is 0. The van der Waals surface area contributed by atoms with Gasteiger partial charge in [-0.15, -0.1) is 11.3 Å². The Kier molecular flexibility index (Phi) is 4.39. The van der Waals surface area contributed by atoms with Gasteiger partial charge in [-0.2, -0.15) is 0 Å². The summed E-state index contributed by atoms with van der Waals surface area (Å²) in [7, 11) is 0. The van der Waals surface area contributed by atoms with Gasteiger partial charge in [0.15, 0.2) is 5.96 Å². The smallest absolute Gasteiger partial charge is 0.191 e. The molecule has 0 bridgehead atoms. The molecule has 20 heavy (non-hydrogen) atoms. The van der Waals surface area contributed by atoms with E-state index in [-0.39, 0.29) is 0 Å². The first-order valence-corrected chi connectivity index (χ1v) is 8.04. The van der Waals surface area contributed by atoms with Crippen LogP contribution in [0, 0.1) is 5.41 Å². The van der Waals surface area contributed by atoms with Crippen molar-refractivity contribution in [2.75, 3.05) is 13.1 Å². The van der Waals surface area contributed by atoms with Crippen molar-refractivity contribution in [2.24, 2.45) is 10.4 Å². The van der Waals surface area contributed by atoms with Gasteiger partial charge in [-0.3, -0.25) is 0 Å². The summed E-state index contributed by atoms with van der Waals surface area (Å²) in [5, 5.41) is 19.1. The summed E-state index contributed by atoms with van der Waals surface area (Å²) in [6.07, 6.45) is 1.17. The molecule has 2 atom stereocenters. The molecule has 1 aromatic heterocycles. The molecule has 1 heterocycles. The molecule has 1 fully saturated rings. The van der Waals surface area contributed by atoms with Crippen LogP contribution in [0.25, 0.3) is 0 Å². The average Bonchev–Trinajstić information content (AvgIpc) is 2.84. The topological polar surface area (TPSA) is 56.7 Å². The molecule has 0 saturated heterocycles. The van der Waals surface area contributed by atoms with Gasteiger partial charge in [0.1, 0.15) is 5.60 Å². The molecule has 1 aliphatic rings. The van der Waals surface area contributed by atoms with Crippen molar-refractivity contribution in [1.29, 1.82) is 0 Å². The Labute approximate surface area is 125 Å². The Morgan fingerprint density at radius 1 is 1.60 bits per heavy atom. The maximum absolute atomic E-state index is 10.5. The van der Waals surface area contributed by atoms with E-state index in [9.17, 15) is 5.11 Å². The molecule has 1 aliphatic carbocycles. The molecule has 0 radical (unpaired) electrons. The van der Waals surface area contributed by atoms with Crippen molar-refractivity contribution in [3.63, 3.8) is 0 Å². The Bertz CT molecular complexity index is 465. The maximum Gasteiger partial charge on any atom is 0.191 e. The van der Waals surface area contributed by atoms with Crippen LogP contribution in [0.2, 0.25) is 0 Å². The Hall–Kier alpha value is -1.07. The van der Waals surface area contributed by atoms with Gasteiger partial charge in [0.25, 0.3) is 0 Å². The van der Waals surface area contributed by atoms with Crippen LogP contribution in [-0.4, -0.2) is 30.2 Å². The van der Waals surface area contributed by atoms with E-state index in [1.165, 1.54) is 6.42 Å². The Morgan fingerprint density at radius 2 is 2.30 bits per heavy atom. The zero-order chi connectivity index (χ0) is 14.8. The lowest BCUT2D eigenvalue weighted by Gasteiger charge is -2.21. The van der Waals surface area contributed by atoms with E-state index in [1.807, 2.05) is 31.4 Å². The van der Waals surface area contributed by atoms with E-state index in [1.54, 1.807) is 11.3 Å². The predicted molar refractivity (Wildman–Crippen MR) is 85.2 cm³/mol. The lowest BCUT2D eigenvalue weighted by Crippen LogP contribution is -2.41. The van der Waals surface area contributed by atoms with Gasteiger partial charge in [-0.1, -0.05) is 19.9 Å². The minimum atomic E-state index is -0.907. The van der Waals surface area contributed by atoms with Crippen molar-refractivity contribution < 1.29 is 5.11 Å². The largest absolute Gasteiger partial charge is 0.383 e. The molecule has 2 rings (SSSR count). The fraction of sp³-hybridized carbons (Fsp3) is 0.667. The quantitative estimate of drug-likeness (QED) is 0.577. The summed E-state index contributed by atoms with van der Waals surface area (Å²) in [5.41, 5.74) is -0.554. The van der Waals surface area contributed by atoms with E-state index in [0.29, 0.717) is 18.0 Å². The number of nitrogens with one attached hydrogen (secondary N) is 2. The number of aliphatic imine (C=N–C) groups is 1. The van der Waals surface area contributed by atoms with Crippen LogP contribution in [0.1, 0.15) is 39.0 Å². The fourth-order valence-corrected chi connectivity index (χ4v) is 2.87. The van der Waals surface area contributed by atoms with Crippen molar-refractivity contribution in [2.45, 2.75) is 45.8 Å². The van der Waals surface area contributed by atoms with Crippen molar-refractivity contribution in [3.05, 3.63) is 22.4 Å². The number of hydrogen-bond donors (Lipinski definition) is 3. The second-order valence-corrected chi connectivity index (χ2v) is 7.28. The van der Waals surface area contributed by atoms with E-state index in [0.717, 1.165) is 17.4 Å².